The van der Waals surface area contributed by atoms with E-state index in [1.165, 1.54) is 0 Å². The van der Waals surface area contributed by atoms with E-state index in [1.54, 1.807) is 6.92 Å². The molecule has 0 heterocycles. The average molecular weight is 256 g/mol. The number of carboxylic acids is 1. The Kier molecular flexibility index (Phi) is 5.17. The van der Waals surface area contributed by atoms with Gasteiger partial charge >= 0.3 is 11.9 Å². The first-order valence-corrected chi connectivity index (χ1v) is 6.83. The molecule has 0 aromatic heterocycles. The smallest absolute Gasteiger partial charge is 0.323 e. The van der Waals surface area contributed by atoms with Gasteiger partial charge < -0.3 is 9.84 Å². The lowest BCUT2D eigenvalue weighted by atomic mass is 9.68. The zero-order chi connectivity index (χ0) is 13.8. The molecule has 1 atom stereocenters. The predicted molar refractivity (Wildman–Crippen MR) is 68.1 cm³/mol. The van der Waals surface area contributed by atoms with Crippen LogP contribution in [0.4, 0.5) is 0 Å². The Morgan fingerprint density at radius 1 is 1.39 bits per heavy atom. The van der Waals surface area contributed by atoms with Crippen molar-refractivity contribution in [3.8, 4) is 0 Å². The Hall–Kier alpha value is -1.06. The van der Waals surface area contributed by atoms with Crippen molar-refractivity contribution >= 4 is 11.9 Å². The number of hydrogen-bond donors (Lipinski definition) is 1. The fourth-order valence-electron chi connectivity index (χ4n) is 2.67. The molecule has 18 heavy (non-hydrogen) atoms. The molecule has 1 rings (SSSR count). The zero-order valence-electron chi connectivity index (χ0n) is 11.6. The van der Waals surface area contributed by atoms with Gasteiger partial charge in [-0.15, -0.1) is 0 Å². The second-order valence-corrected chi connectivity index (χ2v) is 5.71. The Balaban J connectivity index is 2.91. The third-order valence-electron chi connectivity index (χ3n) is 3.69. The summed E-state index contributed by atoms with van der Waals surface area (Å²) in [4.78, 5) is 23.8. The standard InChI is InChI=1S/C14H24O4/c1-4-18-13(17)14(12(15)16,8-10(2)3)9-11-6-5-7-11/h10-11H,4-9H2,1-3H3,(H,15,16). The van der Waals surface area contributed by atoms with Gasteiger partial charge in [-0.1, -0.05) is 33.1 Å². The molecule has 1 aliphatic carbocycles. The first kappa shape index (κ1) is 15.0. The molecule has 1 saturated carbocycles. The van der Waals surface area contributed by atoms with Crippen LogP contribution >= 0.6 is 0 Å². The fraction of sp³-hybridized carbons (Fsp3) is 0.857. The van der Waals surface area contributed by atoms with E-state index in [2.05, 4.69) is 0 Å². The van der Waals surface area contributed by atoms with Crippen molar-refractivity contribution in [1.82, 2.24) is 0 Å². The lowest BCUT2D eigenvalue weighted by Gasteiger charge is -2.35. The van der Waals surface area contributed by atoms with Crippen LogP contribution in [0.2, 0.25) is 0 Å². The van der Waals surface area contributed by atoms with Gasteiger partial charge in [0.2, 0.25) is 0 Å². The minimum atomic E-state index is -1.34. The number of carboxylic acid groups (broad SMARTS) is 1. The Morgan fingerprint density at radius 2 is 2.00 bits per heavy atom. The van der Waals surface area contributed by atoms with Crippen LogP contribution in [0.25, 0.3) is 0 Å². The lowest BCUT2D eigenvalue weighted by molar-refractivity contribution is -0.172. The summed E-state index contributed by atoms with van der Waals surface area (Å²) >= 11 is 0. The molecule has 0 spiro atoms. The van der Waals surface area contributed by atoms with Crippen molar-refractivity contribution in [2.45, 2.75) is 52.9 Å². The van der Waals surface area contributed by atoms with Gasteiger partial charge in [0.1, 0.15) is 0 Å². The predicted octanol–water partition coefficient (Wildman–Crippen LogP) is 2.86. The molecule has 4 nitrogen and oxygen atoms in total. The van der Waals surface area contributed by atoms with E-state index < -0.39 is 17.4 Å². The van der Waals surface area contributed by atoms with E-state index in [1.807, 2.05) is 13.8 Å². The second kappa shape index (κ2) is 6.21. The summed E-state index contributed by atoms with van der Waals surface area (Å²) < 4.78 is 5.02. The van der Waals surface area contributed by atoms with Gasteiger partial charge in [-0.25, -0.2) is 0 Å². The molecule has 0 bridgehead atoms. The van der Waals surface area contributed by atoms with Crippen molar-refractivity contribution in [1.29, 1.82) is 0 Å². The van der Waals surface area contributed by atoms with Crippen molar-refractivity contribution in [3.05, 3.63) is 0 Å². The third-order valence-corrected chi connectivity index (χ3v) is 3.69. The normalized spacial score (nSPS) is 19.1. The number of hydrogen-bond acceptors (Lipinski definition) is 3. The first-order chi connectivity index (χ1) is 8.42. The highest BCUT2D eigenvalue weighted by atomic mass is 16.5. The van der Waals surface area contributed by atoms with E-state index in [0.29, 0.717) is 18.8 Å². The number of rotatable bonds is 7. The van der Waals surface area contributed by atoms with Gasteiger partial charge in [0.25, 0.3) is 0 Å². The third kappa shape index (κ3) is 3.24. The van der Waals surface area contributed by atoms with Crippen LogP contribution in [-0.2, 0) is 14.3 Å². The van der Waals surface area contributed by atoms with Gasteiger partial charge in [-0.2, -0.15) is 0 Å². The molecule has 0 radical (unpaired) electrons. The molecule has 0 saturated heterocycles. The van der Waals surface area contributed by atoms with Gasteiger partial charge in [0.15, 0.2) is 5.41 Å². The Morgan fingerprint density at radius 3 is 2.33 bits per heavy atom. The maximum absolute atomic E-state index is 12.1. The maximum atomic E-state index is 12.1. The number of aliphatic carboxylic acids is 1. The molecule has 1 N–H and O–H groups in total. The summed E-state index contributed by atoms with van der Waals surface area (Å²) in [6.07, 6.45) is 4.00. The molecule has 0 amide bonds. The van der Waals surface area contributed by atoms with Crippen molar-refractivity contribution < 1.29 is 19.4 Å². The van der Waals surface area contributed by atoms with Gasteiger partial charge in [-0.05, 0) is 31.6 Å². The van der Waals surface area contributed by atoms with Crippen molar-refractivity contribution in [3.63, 3.8) is 0 Å². The average Bonchev–Trinajstić information content (AvgIpc) is 2.20. The molecule has 104 valence electrons. The van der Waals surface area contributed by atoms with Crippen LogP contribution in [0.3, 0.4) is 0 Å². The van der Waals surface area contributed by atoms with Crippen LogP contribution in [-0.4, -0.2) is 23.7 Å². The van der Waals surface area contributed by atoms with E-state index in [-0.39, 0.29) is 12.5 Å². The number of esters is 1. The molecule has 0 aliphatic heterocycles. The number of carbonyl (C=O) groups is 2. The fourth-order valence-corrected chi connectivity index (χ4v) is 2.67. The summed E-state index contributed by atoms with van der Waals surface area (Å²) in [6.45, 7) is 5.83. The molecule has 1 aliphatic rings. The summed E-state index contributed by atoms with van der Waals surface area (Å²) in [5.41, 5.74) is -1.34. The Bertz CT molecular complexity index is 307. The van der Waals surface area contributed by atoms with E-state index in [9.17, 15) is 14.7 Å². The molecular weight excluding hydrogens is 232 g/mol. The highest BCUT2D eigenvalue weighted by Crippen LogP contribution is 2.42. The Labute approximate surface area is 109 Å². The minimum absolute atomic E-state index is 0.158. The van der Waals surface area contributed by atoms with Crippen LogP contribution in [0.15, 0.2) is 0 Å². The lowest BCUT2D eigenvalue weighted by Crippen LogP contribution is -2.44. The summed E-state index contributed by atoms with van der Waals surface area (Å²) in [5, 5.41) is 9.54. The topological polar surface area (TPSA) is 63.6 Å². The van der Waals surface area contributed by atoms with Gasteiger partial charge in [0.05, 0.1) is 6.61 Å². The highest BCUT2D eigenvalue weighted by Gasteiger charge is 2.49. The molecular formula is C14H24O4. The molecule has 0 aromatic rings. The van der Waals surface area contributed by atoms with E-state index in [4.69, 9.17) is 4.74 Å². The molecule has 1 unspecified atom stereocenters. The maximum Gasteiger partial charge on any atom is 0.323 e. The monoisotopic (exact) mass is 256 g/mol. The molecule has 1 fully saturated rings. The van der Waals surface area contributed by atoms with Crippen LogP contribution in [0.5, 0.6) is 0 Å². The van der Waals surface area contributed by atoms with Crippen LogP contribution in [0.1, 0.15) is 52.9 Å². The molecule has 0 aromatic carbocycles. The van der Waals surface area contributed by atoms with E-state index >= 15 is 0 Å². The first-order valence-electron chi connectivity index (χ1n) is 6.83. The number of ether oxygens (including phenoxy) is 1. The molecule has 4 heteroatoms. The van der Waals surface area contributed by atoms with Gasteiger partial charge in [-0.3, -0.25) is 9.59 Å². The number of carbonyl (C=O) groups excluding carboxylic acids is 1. The zero-order valence-corrected chi connectivity index (χ0v) is 11.6. The van der Waals surface area contributed by atoms with Crippen molar-refractivity contribution in [2.75, 3.05) is 6.61 Å². The van der Waals surface area contributed by atoms with E-state index in [0.717, 1.165) is 19.3 Å². The SMILES string of the molecule is CCOC(=O)C(CC(C)C)(CC1CCC1)C(=O)O. The van der Waals surface area contributed by atoms with Crippen LogP contribution in [0, 0.1) is 17.3 Å². The largest absolute Gasteiger partial charge is 0.480 e. The minimum Gasteiger partial charge on any atom is -0.480 e. The summed E-state index contributed by atoms with van der Waals surface area (Å²) in [7, 11) is 0. The van der Waals surface area contributed by atoms with Crippen molar-refractivity contribution in [2.24, 2.45) is 17.3 Å². The highest BCUT2D eigenvalue weighted by molar-refractivity contribution is 5.99. The van der Waals surface area contributed by atoms with Crippen LogP contribution < -0.4 is 0 Å². The summed E-state index contributed by atoms with van der Waals surface area (Å²) in [6, 6.07) is 0. The van der Waals surface area contributed by atoms with Gasteiger partial charge in [0, 0.05) is 0 Å². The summed E-state index contributed by atoms with van der Waals surface area (Å²) in [5.74, 6) is -1.06. The second-order valence-electron chi connectivity index (χ2n) is 5.71. The quantitative estimate of drug-likeness (QED) is 0.562.